The van der Waals surface area contributed by atoms with Crippen LogP contribution in [0.5, 0.6) is 11.5 Å². The van der Waals surface area contributed by atoms with E-state index in [2.05, 4.69) is 6.08 Å². The van der Waals surface area contributed by atoms with Crippen LogP contribution in [0.1, 0.15) is 59.9 Å². The molecular weight excluding hydrogens is 384 g/mol. The molecule has 0 aliphatic rings. The topological polar surface area (TPSA) is 115 Å². The second-order valence-electron chi connectivity index (χ2n) is 7.38. The Labute approximate surface area is 175 Å². The third kappa shape index (κ3) is 5.29. The molecule has 0 saturated carbocycles. The number of hydrogen-bond acceptors (Lipinski definition) is 4. The smallest absolute Gasteiger partial charge is 0.340 e. The number of rotatable bonds is 8. The van der Waals surface area contributed by atoms with E-state index in [4.69, 9.17) is 0 Å². The van der Waals surface area contributed by atoms with Gasteiger partial charge in [-0.3, -0.25) is 0 Å². The first-order valence-corrected chi connectivity index (χ1v) is 9.56. The summed E-state index contributed by atoms with van der Waals surface area (Å²) >= 11 is 0. The number of carboxylic acid groups (broad SMARTS) is 2. The first-order valence-electron chi connectivity index (χ1n) is 9.56. The molecule has 2 aromatic rings. The highest BCUT2D eigenvalue weighted by molar-refractivity contribution is 6.04. The van der Waals surface area contributed by atoms with Gasteiger partial charge in [-0.25, -0.2) is 9.59 Å². The maximum atomic E-state index is 11.9. The molecule has 0 heterocycles. The minimum atomic E-state index is -1.41. The van der Waals surface area contributed by atoms with Gasteiger partial charge in [0.1, 0.15) is 17.1 Å². The molecule has 30 heavy (non-hydrogen) atoms. The van der Waals surface area contributed by atoms with Gasteiger partial charge >= 0.3 is 11.9 Å². The zero-order valence-corrected chi connectivity index (χ0v) is 17.3. The first kappa shape index (κ1) is 22.7. The summed E-state index contributed by atoms with van der Waals surface area (Å²) < 4.78 is 0. The largest absolute Gasteiger partial charge is 0.507 e. The van der Waals surface area contributed by atoms with Gasteiger partial charge in [0, 0.05) is 11.1 Å². The summed E-state index contributed by atoms with van der Waals surface area (Å²) in [6, 6.07) is 7.06. The van der Waals surface area contributed by atoms with Crippen LogP contribution in [0.4, 0.5) is 0 Å². The normalized spacial score (nSPS) is 11.2. The summed E-state index contributed by atoms with van der Waals surface area (Å²) in [7, 11) is 0. The molecule has 0 unspecified atom stereocenters. The minimum Gasteiger partial charge on any atom is -0.507 e. The molecule has 2 rings (SSSR count). The van der Waals surface area contributed by atoms with E-state index in [0.29, 0.717) is 0 Å². The van der Waals surface area contributed by atoms with Crippen LogP contribution in [0.25, 0.3) is 11.1 Å². The number of carboxylic acids is 2. The van der Waals surface area contributed by atoms with Crippen molar-refractivity contribution in [2.24, 2.45) is 0 Å². The maximum Gasteiger partial charge on any atom is 0.340 e. The summed E-state index contributed by atoms with van der Waals surface area (Å²) in [5.41, 5.74) is 1.85. The predicted molar refractivity (Wildman–Crippen MR) is 115 cm³/mol. The van der Waals surface area contributed by atoms with E-state index in [1.54, 1.807) is 6.07 Å². The highest BCUT2D eigenvalue weighted by Gasteiger charge is 2.25. The SMILES string of the molecule is CC(C)=CCC/C(C)=C/Cc1c(O)cc(-c2ccccc2C(=O)O)c(C(=O)O)c1O. The van der Waals surface area contributed by atoms with Crippen LogP contribution < -0.4 is 0 Å². The van der Waals surface area contributed by atoms with Gasteiger partial charge in [-0.05, 0) is 57.7 Å². The van der Waals surface area contributed by atoms with E-state index < -0.39 is 23.3 Å². The molecule has 0 radical (unpaired) electrons. The highest BCUT2D eigenvalue weighted by Crippen LogP contribution is 2.40. The van der Waals surface area contributed by atoms with Crippen LogP contribution in [0.15, 0.2) is 53.6 Å². The minimum absolute atomic E-state index is 0.0523. The summed E-state index contributed by atoms with van der Waals surface area (Å²) in [4.78, 5) is 23.4. The molecular formula is C24H26O6. The maximum absolute atomic E-state index is 11.9. The van der Waals surface area contributed by atoms with Crippen molar-refractivity contribution in [3.8, 4) is 22.6 Å². The van der Waals surface area contributed by atoms with Crippen molar-refractivity contribution in [2.45, 2.75) is 40.0 Å². The summed E-state index contributed by atoms with van der Waals surface area (Å²) in [6.45, 7) is 5.97. The zero-order chi connectivity index (χ0) is 22.4. The van der Waals surface area contributed by atoms with E-state index in [1.807, 2.05) is 26.8 Å². The Morgan fingerprint density at radius 1 is 0.933 bits per heavy atom. The lowest BCUT2D eigenvalue weighted by atomic mass is 9.91. The van der Waals surface area contributed by atoms with Crippen LogP contribution >= 0.6 is 0 Å². The van der Waals surface area contributed by atoms with Crippen LogP contribution in [-0.4, -0.2) is 32.4 Å². The molecule has 6 nitrogen and oxygen atoms in total. The molecule has 6 heteroatoms. The quantitative estimate of drug-likeness (QED) is 0.433. The molecule has 0 fully saturated rings. The van der Waals surface area contributed by atoms with Crippen LogP contribution in [0.3, 0.4) is 0 Å². The second kappa shape index (κ2) is 9.78. The van der Waals surface area contributed by atoms with E-state index in [1.165, 1.54) is 29.8 Å². The average molecular weight is 410 g/mol. The molecule has 0 amide bonds. The second-order valence-corrected chi connectivity index (χ2v) is 7.38. The Kier molecular flexibility index (Phi) is 7.42. The van der Waals surface area contributed by atoms with Gasteiger partial charge in [-0.2, -0.15) is 0 Å². The summed E-state index contributed by atoms with van der Waals surface area (Å²) in [5.74, 6) is -3.50. The van der Waals surface area contributed by atoms with Crippen molar-refractivity contribution < 1.29 is 30.0 Å². The lowest BCUT2D eigenvalue weighted by Gasteiger charge is -2.15. The molecule has 0 bridgehead atoms. The zero-order valence-electron chi connectivity index (χ0n) is 17.3. The number of hydrogen-bond donors (Lipinski definition) is 4. The lowest BCUT2D eigenvalue weighted by Crippen LogP contribution is -2.06. The Balaban J connectivity index is 2.51. The number of benzene rings is 2. The number of aromatic hydroxyl groups is 2. The summed E-state index contributed by atoms with van der Waals surface area (Å²) in [6.07, 6.45) is 5.78. The Hall–Kier alpha value is -3.54. The van der Waals surface area contributed by atoms with E-state index in [0.717, 1.165) is 18.4 Å². The van der Waals surface area contributed by atoms with E-state index in [-0.39, 0.29) is 34.4 Å². The van der Waals surface area contributed by atoms with Crippen molar-refractivity contribution in [1.29, 1.82) is 0 Å². The van der Waals surface area contributed by atoms with Gasteiger partial charge in [-0.15, -0.1) is 0 Å². The van der Waals surface area contributed by atoms with Crippen LogP contribution in [-0.2, 0) is 6.42 Å². The van der Waals surface area contributed by atoms with Crippen LogP contribution in [0.2, 0.25) is 0 Å². The third-order valence-electron chi connectivity index (χ3n) is 4.79. The van der Waals surface area contributed by atoms with Crippen molar-refractivity contribution in [2.75, 3.05) is 0 Å². The standard InChI is InChI=1S/C24H26O6/c1-14(2)7-6-8-15(3)11-12-18-20(25)13-19(21(22(18)26)24(29)30)16-9-4-5-10-17(16)23(27)28/h4-5,7,9-11,13,25-26H,6,8,12H2,1-3H3,(H,27,28)(H,29,30)/b15-11+. The number of phenols is 2. The molecule has 158 valence electrons. The van der Waals surface area contributed by atoms with E-state index >= 15 is 0 Å². The Morgan fingerprint density at radius 2 is 1.60 bits per heavy atom. The van der Waals surface area contributed by atoms with Gasteiger partial charge < -0.3 is 20.4 Å². The van der Waals surface area contributed by atoms with Crippen molar-refractivity contribution in [3.63, 3.8) is 0 Å². The molecule has 0 aliphatic carbocycles. The van der Waals surface area contributed by atoms with Gasteiger partial charge in [0.25, 0.3) is 0 Å². The Bertz CT molecular complexity index is 1030. The number of allylic oxidation sites excluding steroid dienone is 4. The van der Waals surface area contributed by atoms with Gasteiger partial charge in [0.05, 0.1) is 5.56 Å². The molecule has 0 saturated heterocycles. The summed E-state index contributed by atoms with van der Waals surface area (Å²) in [5, 5.41) is 40.2. The molecule has 0 spiro atoms. The third-order valence-corrected chi connectivity index (χ3v) is 4.79. The van der Waals surface area contributed by atoms with Gasteiger partial charge in [0.2, 0.25) is 0 Å². The molecule has 4 N–H and O–H groups in total. The fraction of sp³-hybridized carbons (Fsp3) is 0.250. The van der Waals surface area contributed by atoms with Crippen molar-refractivity contribution in [1.82, 2.24) is 0 Å². The highest BCUT2D eigenvalue weighted by atomic mass is 16.4. The molecule has 0 aliphatic heterocycles. The van der Waals surface area contributed by atoms with Gasteiger partial charge in [0.15, 0.2) is 0 Å². The van der Waals surface area contributed by atoms with Crippen LogP contribution in [0, 0.1) is 0 Å². The average Bonchev–Trinajstić information content (AvgIpc) is 2.66. The number of aromatic carboxylic acids is 2. The molecule has 2 aromatic carbocycles. The van der Waals surface area contributed by atoms with E-state index in [9.17, 15) is 30.0 Å². The lowest BCUT2D eigenvalue weighted by molar-refractivity contribution is 0.0682. The Morgan fingerprint density at radius 3 is 2.20 bits per heavy atom. The number of carbonyl (C=O) groups is 2. The monoisotopic (exact) mass is 410 g/mol. The first-order chi connectivity index (χ1) is 14.1. The van der Waals surface area contributed by atoms with Crippen molar-refractivity contribution in [3.05, 3.63) is 70.3 Å². The predicted octanol–water partition coefficient (Wildman–Crippen LogP) is 5.40. The van der Waals surface area contributed by atoms with Crippen molar-refractivity contribution >= 4 is 11.9 Å². The molecule has 0 aromatic heterocycles. The molecule has 0 atom stereocenters. The fourth-order valence-corrected chi connectivity index (χ4v) is 3.20. The number of phenolic OH excluding ortho intramolecular Hbond substituents is 1. The fourth-order valence-electron chi connectivity index (χ4n) is 3.20. The van der Waals surface area contributed by atoms with Gasteiger partial charge in [-0.1, -0.05) is 41.5 Å².